The van der Waals surface area contributed by atoms with Crippen LogP contribution in [-0.4, -0.2) is 18.0 Å². The van der Waals surface area contributed by atoms with Crippen LogP contribution in [0, 0.1) is 6.92 Å². The van der Waals surface area contributed by atoms with Gasteiger partial charge in [-0.2, -0.15) is 5.10 Å². The van der Waals surface area contributed by atoms with Crippen molar-refractivity contribution in [3.8, 4) is 0 Å². The van der Waals surface area contributed by atoms with Crippen molar-refractivity contribution in [2.45, 2.75) is 6.92 Å². The van der Waals surface area contributed by atoms with Crippen molar-refractivity contribution in [1.82, 2.24) is 5.43 Å². The molecule has 78 valence electrons. The Morgan fingerprint density at radius 1 is 1.40 bits per heavy atom. The Balaban J connectivity index is 2.63. The molecule has 0 saturated heterocycles. The third-order valence-electron chi connectivity index (χ3n) is 1.78. The molecule has 0 saturated carbocycles. The Labute approximate surface area is 87.0 Å². The number of hydrazone groups is 1. The SMILES string of the molecule is Cc1ccccc1/C=N/NC(=O)C(N)=O. The smallest absolute Gasteiger partial charge is 0.329 e. The second kappa shape index (κ2) is 4.90. The van der Waals surface area contributed by atoms with E-state index >= 15 is 0 Å². The minimum absolute atomic E-state index is 0.863. The van der Waals surface area contributed by atoms with Gasteiger partial charge in [0.1, 0.15) is 0 Å². The maximum Gasteiger partial charge on any atom is 0.329 e. The molecule has 1 aromatic carbocycles. The predicted molar refractivity (Wildman–Crippen MR) is 56.1 cm³/mol. The van der Waals surface area contributed by atoms with E-state index in [-0.39, 0.29) is 0 Å². The van der Waals surface area contributed by atoms with Crippen molar-refractivity contribution in [3.05, 3.63) is 35.4 Å². The van der Waals surface area contributed by atoms with E-state index in [2.05, 4.69) is 5.10 Å². The molecule has 0 atom stereocenters. The number of carbonyl (C=O) groups excluding carboxylic acids is 2. The summed E-state index contributed by atoms with van der Waals surface area (Å²) in [4.78, 5) is 21.1. The fourth-order valence-corrected chi connectivity index (χ4v) is 0.947. The van der Waals surface area contributed by atoms with Crippen LogP contribution in [0.4, 0.5) is 0 Å². The number of nitrogens with one attached hydrogen (secondary N) is 1. The minimum Gasteiger partial charge on any atom is -0.361 e. The van der Waals surface area contributed by atoms with Gasteiger partial charge in [-0.3, -0.25) is 9.59 Å². The highest BCUT2D eigenvalue weighted by atomic mass is 16.2. The van der Waals surface area contributed by atoms with Crippen LogP contribution in [-0.2, 0) is 9.59 Å². The van der Waals surface area contributed by atoms with Gasteiger partial charge in [0, 0.05) is 0 Å². The molecule has 0 aliphatic heterocycles. The Hall–Kier alpha value is -2.17. The molecule has 0 radical (unpaired) electrons. The molecule has 3 N–H and O–H groups in total. The molecule has 1 aromatic rings. The lowest BCUT2D eigenvalue weighted by atomic mass is 10.1. The van der Waals surface area contributed by atoms with Gasteiger partial charge in [-0.15, -0.1) is 0 Å². The molecule has 5 nitrogen and oxygen atoms in total. The van der Waals surface area contributed by atoms with E-state index in [0.717, 1.165) is 11.1 Å². The highest BCUT2D eigenvalue weighted by Crippen LogP contribution is 2.02. The molecule has 15 heavy (non-hydrogen) atoms. The van der Waals surface area contributed by atoms with Gasteiger partial charge in [0.2, 0.25) is 0 Å². The zero-order chi connectivity index (χ0) is 11.3. The quantitative estimate of drug-likeness (QED) is 0.402. The largest absolute Gasteiger partial charge is 0.361 e. The molecule has 0 spiro atoms. The third kappa shape index (κ3) is 3.22. The lowest BCUT2D eigenvalue weighted by molar-refractivity contribution is -0.137. The molecule has 0 aromatic heterocycles. The Bertz CT molecular complexity index is 413. The van der Waals surface area contributed by atoms with Crippen molar-refractivity contribution < 1.29 is 9.59 Å². The Kier molecular flexibility index (Phi) is 3.56. The summed E-state index contributed by atoms with van der Waals surface area (Å²) in [7, 11) is 0. The maximum absolute atomic E-state index is 10.7. The van der Waals surface area contributed by atoms with E-state index in [4.69, 9.17) is 5.73 Å². The highest BCUT2D eigenvalue weighted by Gasteiger charge is 2.05. The number of rotatable bonds is 2. The monoisotopic (exact) mass is 205 g/mol. The van der Waals surface area contributed by atoms with Crippen LogP contribution in [0.3, 0.4) is 0 Å². The summed E-state index contributed by atoms with van der Waals surface area (Å²) in [5.74, 6) is -1.99. The zero-order valence-electron chi connectivity index (χ0n) is 8.23. The fraction of sp³-hybridized carbons (Fsp3) is 0.100. The standard InChI is InChI=1S/C10H11N3O2/c1-7-4-2-3-5-8(7)6-12-13-10(15)9(11)14/h2-6H,1H3,(H2,11,14)(H,13,15)/b12-6+. The molecule has 1 rings (SSSR count). The van der Waals surface area contributed by atoms with E-state index in [1.807, 2.05) is 36.6 Å². The van der Waals surface area contributed by atoms with Crippen LogP contribution in [0.1, 0.15) is 11.1 Å². The number of primary amides is 1. The first kappa shape index (κ1) is 10.9. The summed E-state index contributed by atoms with van der Waals surface area (Å²) >= 11 is 0. The van der Waals surface area contributed by atoms with E-state index in [1.165, 1.54) is 6.21 Å². The summed E-state index contributed by atoms with van der Waals surface area (Å²) in [5.41, 5.74) is 8.62. The second-order valence-corrected chi connectivity index (χ2v) is 2.92. The summed E-state index contributed by atoms with van der Waals surface area (Å²) in [6.45, 7) is 1.91. The third-order valence-corrected chi connectivity index (χ3v) is 1.78. The molecule has 0 heterocycles. The Morgan fingerprint density at radius 3 is 2.67 bits per heavy atom. The molecule has 0 aliphatic rings. The molecule has 0 unspecified atom stereocenters. The minimum atomic E-state index is -1.06. The van der Waals surface area contributed by atoms with Gasteiger partial charge in [-0.1, -0.05) is 24.3 Å². The van der Waals surface area contributed by atoms with Gasteiger partial charge < -0.3 is 5.73 Å². The lowest BCUT2D eigenvalue weighted by Crippen LogP contribution is -2.32. The summed E-state index contributed by atoms with van der Waals surface area (Å²) in [6.07, 6.45) is 1.45. The van der Waals surface area contributed by atoms with E-state index in [1.54, 1.807) is 0 Å². The van der Waals surface area contributed by atoms with E-state index < -0.39 is 11.8 Å². The summed E-state index contributed by atoms with van der Waals surface area (Å²) in [6, 6.07) is 7.51. The lowest BCUT2D eigenvalue weighted by Gasteiger charge is -1.97. The molecule has 2 amide bonds. The zero-order valence-corrected chi connectivity index (χ0v) is 8.23. The van der Waals surface area contributed by atoms with E-state index in [9.17, 15) is 9.59 Å². The average molecular weight is 205 g/mol. The number of amides is 2. The van der Waals surface area contributed by atoms with Crippen molar-refractivity contribution in [2.24, 2.45) is 10.8 Å². The normalized spacial score (nSPS) is 10.2. The van der Waals surface area contributed by atoms with E-state index in [0.29, 0.717) is 0 Å². The van der Waals surface area contributed by atoms with Gasteiger partial charge in [-0.05, 0) is 18.1 Å². The first-order valence-electron chi connectivity index (χ1n) is 4.29. The van der Waals surface area contributed by atoms with Crippen molar-refractivity contribution >= 4 is 18.0 Å². The van der Waals surface area contributed by atoms with Crippen LogP contribution in [0.25, 0.3) is 0 Å². The highest BCUT2D eigenvalue weighted by molar-refractivity contribution is 6.34. The number of nitrogens with two attached hydrogens (primary N) is 1. The first-order valence-corrected chi connectivity index (χ1v) is 4.29. The van der Waals surface area contributed by atoms with Gasteiger partial charge in [0.25, 0.3) is 0 Å². The number of aryl methyl sites for hydroxylation is 1. The molecular weight excluding hydrogens is 194 g/mol. The van der Waals surface area contributed by atoms with Gasteiger partial charge in [0.15, 0.2) is 0 Å². The van der Waals surface area contributed by atoms with Crippen LogP contribution in [0.5, 0.6) is 0 Å². The van der Waals surface area contributed by atoms with Crippen LogP contribution in [0.15, 0.2) is 29.4 Å². The fourth-order valence-electron chi connectivity index (χ4n) is 0.947. The van der Waals surface area contributed by atoms with Crippen molar-refractivity contribution in [2.75, 3.05) is 0 Å². The molecular formula is C10H11N3O2. The number of benzene rings is 1. The molecule has 0 aliphatic carbocycles. The van der Waals surface area contributed by atoms with Crippen molar-refractivity contribution in [3.63, 3.8) is 0 Å². The Morgan fingerprint density at radius 2 is 2.07 bits per heavy atom. The van der Waals surface area contributed by atoms with Crippen molar-refractivity contribution in [1.29, 1.82) is 0 Å². The molecule has 5 heteroatoms. The summed E-state index contributed by atoms with van der Waals surface area (Å²) in [5, 5.41) is 3.60. The number of nitrogens with zero attached hydrogens (tertiary/aromatic N) is 1. The van der Waals surface area contributed by atoms with Gasteiger partial charge in [-0.25, -0.2) is 5.43 Å². The maximum atomic E-state index is 10.7. The molecule has 0 bridgehead atoms. The number of hydrogen-bond acceptors (Lipinski definition) is 3. The van der Waals surface area contributed by atoms with Crippen LogP contribution < -0.4 is 11.2 Å². The number of carbonyl (C=O) groups is 2. The van der Waals surface area contributed by atoms with Crippen LogP contribution in [0.2, 0.25) is 0 Å². The van der Waals surface area contributed by atoms with Gasteiger partial charge in [0.05, 0.1) is 6.21 Å². The topological polar surface area (TPSA) is 84.6 Å². The average Bonchev–Trinajstić information content (AvgIpc) is 2.20. The first-order chi connectivity index (χ1) is 7.11. The molecule has 0 fully saturated rings. The second-order valence-electron chi connectivity index (χ2n) is 2.92. The predicted octanol–water partition coefficient (Wildman–Crippen LogP) is -0.0696. The summed E-state index contributed by atoms with van der Waals surface area (Å²) < 4.78 is 0. The van der Waals surface area contributed by atoms with Gasteiger partial charge >= 0.3 is 11.8 Å². The van der Waals surface area contributed by atoms with Crippen LogP contribution >= 0.6 is 0 Å². The number of hydrogen-bond donors (Lipinski definition) is 2.